The number of pyridine rings is 1. The fraction of sp³-hybridized carbons (Fsp3) is 0.250. The normalized spacial score (nSPS) is 19.6. The summed E-state index contributed by atoms with van der Waals surface area (Å²) in [4.78, 5) is 30.4. The molecule has 0 atom stereocenters. The third kappa shape index (κ3) is 4.52. The molecule has 4 aromatic rings. The van der Waals surface area contributed by atoms with E-state index in [9.17, 15) is 22.4 Å². The number of furan rings is 1. The second-order valence-corrected chi connectivity index (χ2v) is 12.0. The van der Waals surface area contributed by atoms with Crippen LogP contribution in [-0.2, 0) is 10.0 Å². The molecule has 2 bridgehead atoms. The summed E-state index contributed by atoms with van der Waals surface area (Å²) >= 11 is 0. The number of carbonyl (C=O) groups is 2. The third-order valence-electron chi connectivity index (χ3n) is 7.38. The molecule has 39 heavy (non-hydrogen) atoms. The van der Waals surface area contributed by atoms with E-state index in [1.807, 2.05) is 0 Å². The highest BCUT2D eigenvalue weighted by Gasteiger charge is 2.57. The summed E-state index contributed by atoms with van der Waals surface area (Å²) in [6, 6.07) is 13.8. The average Bonchev–Trinajstić information content (AvgIpc) is 3.22. The van der Waals surface area contributed by atoms with E-state index in [2.05, 4.69) is 20.3 Å². The van der Waals surface area contributed by atoms with Gasteiger partial charge < -0.3 is 15.1 Å². The Morgan fingerprint density at radius 2 is 1.74 bits per heavy atom. The number of carbonyl (C=O) groups excluding carboxylic acids is 2. The first kappa shape index (κ1) is 25.1. The quantitative estimate of drug-likeness (QED) is 0.316. The number of benzene rings is 2. The van der Waals surface area contributed by atoms with Crippen LogP contribution in [0.25, 0.3) is 33.6 Å². The number of nitrogens with one attached hydrogen (secondary N) is 3. The van der Waals surface area contributed by atoms with E-state index >= 15 is 0 Å². The molecule has 2 aromatic carbocycles. The molecule has 9 nitrogen and oxygen atoms in total. The Morgan fingerprint density at radius 1 is 1.03 bits per heavy atom. The number of rotatable bonds is 7. The van der Waals surface area contributed by atoms with Crippen LogP contribution in [0.3, 0.4) is 0 Å². The molecule has 2 aromatic heterocycles. The van der Waals surface area contributed by atoms with E-state index in [1.54, 1.807) is 30.3 Å². The van der Waals surface area contributed by atoms with Gasteiger partial charge in [0.15, 0.2) is 5.82 Å². The molecular formula is C28H25FN4O5S. The maximum Gasteiger partial charge on any atom is 0.255 e. The van der Waals surface area contributed by atoms with E-state index in [-0.39, 0.29) is 34.3 Å². The second kappa shape index (κ2) is 8.91. The van der Waals surface area contributed by atoms with Crippen molar-refractivity contribution in [3.63, 3.8) is 0 Å². The van der Waals surface area contributed by atoms with E-state index in [0.717, 1.165) is 25.5 Å². The van der Waals surface area contributed by atoms with E-state index in [1.165, 1.54) is 31.3 Å². The third-order valence-corrected chi connectivity index (χ3v) is 7.94. The minimum Gasteiger partial charge on any atom is -0.437 e. The summed E-state index contributed by atoms with van der Waals surface area (Å²) in [6.07, 6.45) is 4.00. The van der Waals surface area contributed by atoms with Crippen molar-refractivity contribution in [2.75, 3.05) is 18.0 Å². The van der Waals surface area contributed by atoms with Crippen molar-refractivity contribution in [2.45, 2.75) is 24.8 Å². The number of hydrogen-bond donors (Lipinski definition) is 3. The van der Waals surface area contributed by atoms with Gasteiger partial charge in [0.1, 0.15) is 11.6 Å². The summed E-state index contributed by atoms with van der Waals surface area (Å²) < 4.78 is 46.4. The fourth-order valence-electron chi connectivity index (χ4n) is 5.42. The predicted molar refractivity (Wildman–Crippen MR) is 144 cm³/mol. The van der Waals surface area contributed by atoms with Gasteiger partial charge in [0.25, 0.3) is 11.8 Å². The lowest BCUT2D eigenvalue weighted by Gasteiger charge is -2.61. The first-order chi connectivity index (χ1) is 18.5. The highest BCUT2D eigenvalue weighted by atomic mass is 32.2. The lowest BCUT2D eigenvalue weighted by molar-refractivity contribution is -0.0438. The van der Waals surface area contributed by atoms with E-state index in [4.69, 9.17) is 4.42 Å². The number of amides is 2. The molecule has 3 aliphatic rings. The SMILES string of the molecule is CNC(=O)c1c(-c2ccc(F)cc2)oc2nc(NS(C)(=O)=O)c(-c3cccc(C(=O)NC45CC(C4)C5)c3)cc12. The molecule has 0 spiro atoms. The minimum absolute atomic E-state index is 0.0142. The smallest absolute Gasteiger partial charge is 0.255 e. The Labute approximate surface area is 223 Å². The molecule has 0 unspecified atom stereocenters. The van der Waals surface area contributed by atoms with Gasteiger partial charge in [0.2, 0.25) is 15.7 Å². The highest BCUT2D eigenvalue weighted by molar-refractivity contribution is 7.92. The maximum absolute atomic E-state index is 13.6. The molecule has 3 N–H and O–H groups in total. The number of halogens is 1. The molecule has 3 fully saturated rings. The molecule has 2 amide bonds. The van der Waals surface area contributed by atoms with Crippen LogP contribution in [-0.4, -0.2) is 44.1 Å². The van der Waals surface area contributed by atoms with Crippen LogP contribution in [0, 0.1) is 11.7 Å². The van der Waals surface area contributed by atoms with Crippen molar-refractivity contribution in [3.05, 3.63) is 71.5 Å². The number of hydrogen-bond acceptors (Lipinski definition) is 6. The van der Waals surface area contributed by atoms with Crippen molar-refractivity contribution in [1.82, 2.24) is 15.6 Å². The maximum atomic E-state index is 13.6. The highest BCUT2D eigenvalue weighted by Crippen LogP contribution is 2.57. The first-order valence-corrected chi connectivity index (χ1v) is 14.3. The zero-order valence-electron chi connectivity index (χ0n) is 21.2. The van der Waals surface area contributed by atoms with Crippen LogP contribution in [0.4, 0.5) is 10.2 Å². The number of nitrogens with zero attached hydrogens (tertiary/aromatic N) is 1. The van der Waals surface area contributed by atoms with Gasteiger partial charge in [0, 0.05) is 29.3 Å². The zero-order valence-corrected chi connectivity index (χ0v) is 22.0. The monoisotopic (exact) mass is 548 g/mol. The number of sulfonamides is 1. The Hall–Kier alpha value is -4.25. The molecule has 7 rings (SSSR count). The molecule has 0 aliphatic heterocycles. The van der Waals surface area contributed by atoms with Crippen molar-refractivity contribution in [3.8, 4) is 22.5 Å². The first-order valence-electron chi connectivity index (χ1n) is 12.4. The molecule has 3 saturated carbocycles. The summed E-state index contributed by atoms with van der Waals surface area (Å²) in [5, 5.41) is 6.05. The Morgan fingerprint density at radius 3 is 2.36 bits per heavy atom. The van der Waals surface area contributed by atoms with Gasteiger partial charge in [-0.2, -0.15) is 4.98 Å². The van der Waals surface area contributed by atoms with Gasteiger partial charge in [0.05, 0.1) is 17.2 Å². The van der Waals surface area contributed by atoms with E-state index < -0.39 is 21.7 Å². The molecule has 3 aliphatic carbocycles. The lowest BCUT2D eigenvalue weighted by Crippen LogP contribution is -2.68. The number of anilines is 1. The molecule has 2 heterocycles. The molecular weight excluding hydrogens is 523 g/mol. The van der Waals surface area contributed by atoms with Crippen molar-refractivity contribution in [2.24, 2.45) is 5.92 Å². The zero-order chi connectivity index (χ0) is 27.5. The van der Waals surface area contributed by atoms with Crippen molar-refractivity contribution >= 4 is 38.8 Å². The van der Waals surface area contributed by atoms with Gasteiger partial charge in [-0.25, -0.2) is 12.8 Å². The van der Waals surface area contributed by atoms with Gasteiger partial charge in [-0.3, -0.25) is 14.3 Å². The number of fused-ring (bicyclic) bond motifs is 1. The van der Waals surface area contributed by atoms with Crippen LogP contribution in [0.15, 0.2) is 59.0 Å². The van der Waals surface area contributed by atoms with Crippen LogP contribution >= 0.6 is 0 Å². The molecule has 0 saturated heterocycles. The van der Waals surface area contributed by atoms with Crippen molar-refractivity contribution in [1.29, 1.82) is 0 Å². The topological polar surface area (TPSA) is 130 Å². The summed E-state index contributed by atoms with van der Waals surface area (Å²) in [5.41, 5.74) is 1.82. The molecule has 200 valence electrons. The average molecular weight is 549 g/mol. The van der Waals surface area contributed by atoms with Gasteiger partial charge in [-0.05, 0) is 73.2 Å². The lowest BCUT2D eigenvalue weighted by atomic mass is 9.50. The number of aromatic nitrogens is 1. The standard InChI is InChI=1S/C28H25FN4O5S/c1-30-26(35)22-21-11-20(17-4-3-5-18(10-17)25(34)32-28-12-15(13-28)14-28)24(33-39(2,36)37)31-27(21)38-23(22)16-6-8-19(29)9-7-16/h3-11,15H,12-14H2,1-2H3,(H,30,35)(H,31,33)(H,32,34). The summed E-state index contributed by atoms with van der Waals surface area (Å²) in [6.45, 7) is 0. The fourth-order valence-corrected chi connectivity index (χ4v) is 5.93. The van der Waals surface area contributed by atoms with Gasteiger partial charge in [-0.1, -0.05) is 12.1 Å². The van der Waals surface area contributed by atoms with Crippen LogP contribution in [0.1, 0.15) is 40.0 Å². The van der Waals surface area contributed by atoms with Crippen LogP contribution in [0.2, 0.25) is 0 Å². The second-order valence-electron chi connectivity index (χ2n) is 10.3. The Balaban J connectivity index is 1.50. The summed E-state index contributed by atoms with van der Waals surface area (Å²) in [5.74, 6) is -0.264. The Bertz CT molecular complexity index is 1750. The van der Waals surface area contributed by atoms with Gasteiger partial charge >= 0.3 is 0 Å². The van der Waals surface area contributed by atoms with Crippen molar-refractivity contribution < 1.29 is 26.8 Å². The van der Waals surface area contributed by atoms with Crippen LogP contribution < -0.4 is 15.4 Å². The Kier molecular flexibility index (Phi) is 5.72. The minimum atomic E-state index is -3.75. The largest absolute Gasteiger partial charge is 0.437 e. The van der Waals surface area contributed by atoms with E-state index in [0.29, 0.717) is 33.6 Å². The predicted octanol–water partition coefficient (Wildman–Crippen LogP) is 4.31. The molecule has 11 heteroatoms. The van der Waals surface area contributed by atoms with Crippen LogP contribution in [0.5, 0.6) is 0 Å². The molecule has 0 radical (unpaired) electrons. The summed E-state index contributed by atoms with van der Waals surface area (Å²) in [7, 11) is -2.28. The van der Waals surface area contributed by atoms with Gasteiger partial charge in [-0.15, -0.1) is 0 Å².